The Kier molecular flexibility index (Phi) is 4.96. The van der Waals surface area contributed by atoms with Crippen LogP contribution in [0.2, 0.25) is 0 Å². The molecular formula is C23H25N3O. The van der Waals surface area contributed by atoms with Gasteiger partial charge in [0, 0.05) is 25.2 Å². The largest absolute Gasteiger partial charge is 0.312 e. The standard InChI is InChI=1S/C23H25N3O/c24-18-23(20-7-3-1-4-8-20)11-13-25(14-12-23)16-19-15-22(27)26(17-19)21-9-5-2-6-10-21/h1-10,19H,11-17H2. The SMILES string of the molecule is N#CC1(c2ccccc2)CCN(CC2CC(=O)N(c3ccccc3)C2)CC1. The first-order chi connectivity index (χ1) is 13.2. The number of para-hydroxylation sites is 1. The maximum atomic E-state index is 12.4. The molecule has 27 heavy (non-hydrogen) atoms. The highest BCUT2D eigenvalue weighted by atomic mass is 16.2. The van der Waals surface area contributed by atoms with E-state index in [0.29, 0.717) is 12.3 Å². The van der Waals surface area contributed by atoms with Gasteiger partial charge in [0.05, 0.1) is 11.5 Å². The van der Waals surface area contributed by atoms with Crippen LogP contribution in [-0.2, 0) is 10.2 Å². The fourth-order valence-corrected chi connectivity index (χ4v) is 4.47. The number of carbonyl (C=O) groups is 1. The van der Waals surface area contributed by atoms with Crippen LogP contribution >= 0.6 is 0 Å². The first-order valence-corrected chi connectivity index (χ1v) is 9.75. The Labute approximate surface area is 161 Å². The van der Waals surface area contributed by atoms with E-state index in [1.54, 1.807) is 0 Å². The predicted octanol–water partition coefficient (Wildman–Crippen LogP) is 3.60. The summed E-state index contributed by atoms with van der Waals surface area (Å²) in [5.74, 6) is 0.586. The third kappa shape index (κ3) is 3.61. The second-order valence-corrected chi connectivity index (χ2v) is 7.77. The molecule has 2 aromatic rings. The average molecular weight is 359 g/mol. The van der Waals surface area contributed by atoms with Crippen molar-refractivity contribution in [2.24, 2.45) is 5.92 Å². The zero-order valence-corrected chi connectivity index (χ0v) is 15.6. The molecule has 2 aromatic carbocycles. The highest BCUT2D eigenvalue weighted by molar-refractivity contribution is 5.95. The number of nitriles is 1. The molecule has 138 valence electrons. The normalized spacial score (nSPS) is 22.6. The minimum Gasteiger partial charge on any atom is -0.312 e. The summed E-state index contributed by atoms with van der Waals surface area (Å²) in [5, 5.41) is 9.84. The number of likely N-dealkylation sites (tertiary alicyclic amines) is 1. The number of piperidine rings is 1. The van der Waals surface area contributed by atoms with Gasteiger partial charge in [-0.15, -0.1) is 0 Å². The van der Waals surface area contributed by atoms with Crippen LogP contribution < -0.4 is 4.90 Å². The van der Waals surface area contributed by atoms with E-state index in [1.165, 1.54) is 0 Å². The number of amides is 1. The topological polar surface area (TPSA) is 47.3 Å². The second-order valence-electron chi connectivity index (χ2n) is 7.77. The van der Waals surface area contributed by atoms with Crippen molar-refractivity contribution in [2.75, 3.05) is 31.1 Å². The molecule has 2 aliphatic heterocycles. The maximum Gasteiger partial charge on any atom is 0.227 e. The molecule has 2 aliphatic rings. The molecule has 4 heteroatoms. The molecule has 0 aliphatic carbocycles. The summed E-state index contributed by atoms with van der Waals surface area (Å²) in [7, 11) is 0. The number of anilines is 1. The highest BCUT2D eigenvalue weighted by Gasteiger charge is 2.38. The van der Waals surface area contributed by atoms with Crippen LogP contribution in [0.15, 0.2) is 60.7 Å². The van der Waals surface area contributed by atoms with Crippen molar-refractivity contribution in [3.8, 4) is 6.07 Å². The molecule has 1 unspecified atom stereocenters. The van der Waals surface area contributed by atoms with E-state index in [-0.39, 0.29) is 11.3 Å². The summed E-state index contributed by atoms with van der Waals surface area (Å²) < 4.78 is 0. The summed E-state index contributed by atoms with van der Waals surface area (Å²) in [6.45, 7) is 3.56. The molecule has 4 rings (SSSR count). The van der Waals surface area contributed by atoms with Gasteiger partial charge in [-0.1, -0.05) is 48.5 Å². The van der Waals surface area contributed by atoms with E-state index in [2.05, 4.69) is 23.1 Å². The van der Waals surface area contributed by atoms with Gasteiger partial charge in [-0.25, -0.2) is 0 Å². The summed E-state index contributed by atoms with van der Waals surface area (Å²) in [6, 6.07) is 22.7. The van der Waals surface area contributed by atoms with Crippen molar-refractivity contribution >= 4 is 11.6 Å². The molecular weight excluding hydrogens is 334 g/mol. The molecule has 1 amide bonds. The van der Waals surface area contributed by atoms with E-state index < -0.39 is 0 Å². The van der Waals surface area contributed by atoms with Gasteiger partial charge < -0.3 is 9.80 Å². The summed E-state index contributed by atoms with van der Waals surface area (Å²) in [5.41, 5.74) is 1.77. The number of nitrogens with zero attached hydrogens (tertiary/aromatic N) is 3. The molecule has 2 fully saturated rings. The molecule has 0 spiro atoms. The van der Waals surface area contributed by atoms with Crippen molar-refractivity contribution in [2.45, 2.75) is 24.7 Å². The van der Waals surface area contributed by atoms with E-state index in [1.807, 2.05) is 53.4 Å². The van der Waals surface area contributed by atoms with Crippen LogP contribution in [0.1, 0.15) is 24.8 Å². The molecule has 0 bridgehead atoms. The summed E-state index contributed by atoms with van der Waals surface area (Å²) in [4.78, 5) is 16.8. The van der Waals surface area contributed by atoms with Gasteiger partial charge in [0.2, 0.25) is 5.91 Å². The van der Waals surface area contributed by atoms with Gasteiger partial charge in [0.1, 0.15) is 0 Å². The lowest BCUT2D eigenvalue weighted by molar-refractivity contribution is -0.117. The minimum absolute atomic E-state index is 0.221. The smallest absolute Gasteiger partial charge is 0.227 e. The summed E-state index contributed by atoms with van der Waals surface area (Å²) in [6.07, 6.45) is 2.33. The van der Waals surface area contributed by atoms with E-state index in [9.17, 15) is 10.1 Å². The monoisotopic (exact) mass is 359 g/mol. The Balaban J connectivity index is 1.36. The Hall–Kier alpha value is -2.64. The lowest BCUT2D eigenvalue weighted by Crippen LogP contribution is -2.44. The molecule has 0 N–H and O–H groups in total. The van der Waals surface area contributed by atoms with Crippen LogP contribution in [0.3, 0.4) is 0 Å². The number of hydrogen-bond acceptors (Lipinski definition) is 3. The quantitative estimate of drug-likeness (QED) is 0.838. The van der Waals surface area contributed by atoms with E-state index in [0.717, 1.165) is 50.3 Å². The second kappa shape index (κ2) is 7.54. The maximum absolute atomic E-state index is 12.4. The molecule has 0 radical (unpaired) electrons. The first-order valence-electron chi connectivity index (χ1n) is 9.75. The number of carbonyl (C=O) groups excluding carboxylic acids is 1. The van der Waals surface area contributed by atoms with Gasteiger partial charge in [-0.2, -0.15) is 5.26 Å². The average Bonchev–Trinajstić information content (AvgIpc) is 3.10. The Morgan fingerprint density at radius 3 is 2.26 bits per heavy atom. The number of hydrogen-bond donors (Lipinski definition) is 0. The summed E-state index contributed by atoms with van der Waals surface area (Å²) >= 11 is 0. The Morgan fingerprint density at radius 1 is 1.00 bits per heavy atom. The predicted molar refractivity (Wildman–Crippen MR) is 106 cm³/mol. The molecule has 2 saturated heterocycles. The zero-order valence-electron chi connectivity index (χ0n) is 15.6. The molecule has 0 aromatic heterocycles. The molecule has 0 saturated carbocycles. The van der Waals surface area contributed by atoms with Gasteiger partial charge >= 0.3 is 0 Å². The Bertz CT molecular complexity index is 820. The van der Waals surface area contributed by atoms with E-state index in [4.69, 9.17) is 0 Å². The van der Waals surface area contributed by atoms with Crippen LogP contribution in [0, 0.1) is 17.2 Å². The Morgan fingerprint density at radius 2 is 1.63 bits per heavy atom. The van der Waals surface area contributed by atoms with Gasteiger partial charge in [0.25, 0.3) is 0 Å². The lowest BCUT2D eigenvalue weighted by Gasteiger charge is -2.38. The van der Waals surface area contributed by atoms with Crippen LogP contribution in [0.5, 0.6) is 0 Å². The van der Waals surface area contributed by atoms with Gasteiger partial charge in [-0.05, 0) is 49.5 Å². The molecule has 4 nitrogen and oxygen atoms in total. The minimum atomic E-state index is -0.362. The molecule has 1 atom stereocenters. The molecule has 2 heterocycles. The number of rotatable bonds is 4. The highest BCUT2D eigenvalue weighted by Crippen LogP contribution is 2.35. The van der Waals surface area contributed by atoms with Gasteiger partial charge in [0.15, 0.2) is 0 Å². The fraction of sp³-hybridized carbons (Fsp3) is 0.391. The van der Waals surface area contributed by atoms with Crippen LogP contribution in [0.25, 0.3) is 0 Å². The van der Waals surface area contributed by atoms with Gasteiger partial charge in [-0.3, -0.25) is 4.79 Å². The zero-order chi connectivity index (χ0) is 18.7. The van der Waals surface area contributed by atoms with Crippen molar-refractivity contribution in [1.29, 1.82) is 5.26 Å². The third-order valence-electron chi connectivity index (χ3n) is 6.04. The third-order valence-corrected chi connectivity index (χ3v) is 6.04. The van der Waals surface area contributed by atoms with Crippen molar-refractivity contribution in [1.82, 2.24) is 4.90 Å². The van der Waals surface area contributed by atoms with Crippen molar-refractivity contribution < 1.29 is 4.79 Å². The van der Waals surface area contributed by atoms with Crippen molar-refractivity contribution in [3.05, 3.63) is 66.2 Å². The first kappa shape index (κ1) is 17.8. The number of benzene rings is 2. The van der Waals surface area contributed by atoms with Crippen LogP contribution in [0.4, 0.5) is 5.69 Å². The van der Waals surface area contributed by atoms with Crippen LogP contribution in [-0.4, -0.2) is 37.0 Å². The lowest BCUT2D eigenvalue weighted by atomic mass is 9.74. The van der Waals surface area contributed by atoms with Crippen molar-refractivity contribution in [3.63, 3.8) is 0 Å². The van der Waals surface area contributed by atoms with E-state index >= 15 is 0 Å². The fourth-order valence-electron chi connectivity index (χ4n) is 4.47.